The number of rotatable bonds is 8. The van der Waals surface area contributed by atoms with Gasteiger partial charge in [0.1, 0.15) is 23.0 Å². The molecule has 4 nitrogen and oxygen atoms in total. The minimum absolute atomic E-state index is 0.328. The number of ether oxygens (including phenoxy) is 2. The van der Waals surface area contributed by atoms with Crippen LogP contribution in [0, 0.1) is 5.82 Å². The van der Waals surface area contributed by atoms with Gasteiger partial charge in [0, 0.05) is 13.1 Å². The average molecular weight is 439 g/mol. The Kier molecular flexibility index (Phi) is 8.35. The molecular formula is C25H27FN2O2S. The summed E-state index contributed by atoms with van der Waals surface area (Å²) >= 11 is 1.60. The molecule has 0 amide bonds. The normalized spacial score (nSPS) is 11.3. The first-order valence-corrected chi connectivity index (χ1v) is 11.1. The summed E-state index contributed by atoms with van der Waals surface area (Å²) in [4.78, 5) is 6.86. The van der Waals surface area contributed by atoms with Crippen molar-refractivity contribution in [3.63, 3.8) is 0 Å². The number of para-hydroxylation sites is 1. The molecule has 0 saturated carbocycles. The molecule has 0 saturated heterocycles. The van der Waals surface area contributed by atoms with E-state index < -0.39 is 0 Å². The minimum Gasteiger partial charge on any atom is -0.497 e. The van der Waals surface area contributed by atoms with Crippen LogP contribution in [0.3, 0.4) is 0 Å². The predicted octanol–water partition coefficient (Wildman–Crippen LogP) is 6.29. The van der Waals surface area contributed by atoms with E-state index >= 15 is 0 Å². The van der Waals surface area contributed by atoms with Crippen molar-refractivity contribution in [2.24, 2.45) is 4.99 Å². The molecule has 0 bridgehead atoms. The maximum absolute atomic E-state index is 14.3. The third-order valence-electron chi connectivity index (χ3n) is 4.68. The van der Waals surface area contributed by atoms with E-state index in [-0.39, 0.29) is 5.82 Å². The molecule has 3 aromatic carbocycles. The van der Waals surface area contributed by atoms with E-state index in [1.165, 1.54) is 6.07 Å². The summed E-state index contributed by atoms with van der Waals surface area (Å²) in [5, 5.41) is 0.777. The minimum atomic E-state index is -0.328. The van der Waals surface area contributed by atoms with Crippen molar-refractivity contribution in [1.29, 1.82) is 0 Å². The van der Waals surface area contributed by atoms with E-state index in [9.17, 15) is 4.39 Å². The van der Waals surface area contributed by atoms with Gasteiger partial charge < -0.3 is 14.4 Å². The molecule has 6 heteroatoms. The maximum atomic E-state index is 14.3. The summed E-state index contributed by atoms with van der Waals surface area (Å²) in [7, 11) is 3.31. The lowest BCUT2D eigenvalue weighted by molar-refractivity contribution is 0.405. The lowest BCUT2D eigenvalue weighted by Gasteiger charge is -2.26. The van der Waals surface area contributed by atoms with Crippen LogP contribution in [0.15, 0.2) is 77.8 Å². The second-order valence-corrected chi connectivity index (χ2v) is 8.06. The zero-order valence-electron chi connectivity index (χ0n) is 18.0. The van der Waals surface area contributed by atoms with E-state index in [1.54, 1.807) is 44.2 Å². The molecule has 0 aromatic heterocycles. The Labute approximate surface area is 187 Å². The number of amidine groups is 1. The molecule has 162 valence electrons. The molecule has 3 rings (SSSR count). The highest BCUT2D eigenvalue weighted by molar-refractivity contribution is 8.13. The largest absolute Gasteiger partial charge is 0.497 e. The fraction of sp³-hybridized carbons (Fsp3) is 0.240. The quantitative estimate of drug-likeness (QED) is 0.306. The van der Waals surface area contributed by atoms with Gasteiger partial charge in [-0.05, 0) is 53.3 Å². The Balaban J connectivity index is 1.94. The van der Waals surface area contributed by atoms with Gasteiger partial charge in [-0.15, -0.1) is 0 Å². The molecule has 3 aromatic rings. The lowest BCUT2D eigenvalue weighted by Crippen LogP contribution is -2.28. The summed E-state index contributed by atoms with van der Waals surface area (Å²) in [6.07, 6.45) is 0. The van der Waals surface area contributed by atoms with Crippen molar-refractivity contribution in [3.05, 3.63) is 89.7 Å². The zero-order valence-corrected chi connectivity index (χ0v) is 18.9. The monoisotopic (exact) mass is 438 g/mol. The Morgan fingerprint density at radius 1 is 0.839 bits per heavy atom. The highest BCUT2D eigenvalue weighted by Crippen LogP contribution is 2.24. The molecule has 0 N–H and O–H groups in total. The van der Waals surface area contributed by atoms with Gasteiger partial charge in [0.2, 0.25) is 0 Å². The van der Waals surface area contributed by atoms with E-state index in [1.807, 2.05) is 48.5 Å². The highest BCUT2D eigenvalue weighted by atomic mass is 32.2. The van der Waals surface area contributed by atoms with Crippen LogP contribution >= 0.6 is 11.8 Å². The predicted molar refractivity (Wildman–Crippen MR) is 127 cm³/mol. The molecule has 0 fully saturated rings. The third kappa shape index (κ3) is 6.49. The lowest BCUT2D eigenvalue weighted by atomic mass is 10.1. The van der Waals surface area contributed by atoms with Gasteiger partial charge in [0.15, 0.2) is 5.17 Å². The van der Waals surface area contributed by atoms with Crippen LogP contribution in [0.4, 0.5) is 10.1 Å². The van der Waals surface area contributed by atoms with E-state index in [0.29, 0.717) is 18.8 Å². The van der Waals surface area contributed by atoms with Crippen LogP contribution in [-0.2, 0) is 13.1 Å². The van der Waals surface area contributed by atoms with Gasteiger partial charge in [-0.25, -0.2) is 9.38 Å². The van der Waals surface area contributed by atoms with Crippen molar-refractivity contribution in [2.45, 2.75) is 20.0 Å². The number of methoxy groups -OCH3 is 2. The summed E-state index contributed by atoms with van der Waals surface area (Å²) in [6, 6.07) is 22.5. The number of thioether (sulfide) groups is 1. The number of hydrogen-bond donors (Lipinski definition) is 0. The maximum Gasteiger partial charge on any atom is 0.165 e. The Morgan fingerprint density at radius 3 is 1.81 bits per heavy atom. The number of aliphatic imine (C=N–C) groups is 1. The topological polar surface area (TPSA) is 34.1 Å². The SMILES string of the molecule is CCSC(=Nc1ccccc1F)N(Cc1ccc(OC)cc1)Cc1ccc(OC)cc1. The first kappa shape index (κ1) is 22.7. The Bertz CT molecular complexity index is 942. The molecule has 0 heterocycles. The van der Waals surface area contributed by atoms with Crippen molar-refractivity contribution >= 4 is 22.6 Å². The fourth-order valence-electron chi connectivity index (χ4n) is 3.06. The van der Waals surface area contributed by atoms with Crippen molar-refractivity contribution in [2.75, 3.05) is 20.0 Å². The van der Waals surface area contributed by atoms with Gasteiger partial charge in [-0.1, -0.05) is 55.1 Å². The molecule has 0 spiro atoms. The molecule has 0 aliphatic heterocycles. The Hall–Kier alpha value is -2.99. The van der Waals surface area contributed by atoms with Gasteiger partial charge in [-0.3, -0.25) is 0 Å². The smallest absolute Gasteiger partial charge is 0.165 e. The second-order valence-electron chi connectivity index (χ2n) is 6.83. The van der Waals surface area contributed by atoms with Crippen LogP contribution in [0.2, 0.25) is 0 Å². The first-order chi connectivity index (χ1) is 15.1. The highest BCUT2D eigenvalue weighted by Gasteiger charge is 2.15. The van der Waals surface area contributed by atoms with Gasteiger partial charge in [0.05, 0.1) is 14.2 Å². The summed E-state index contributed by atoms with van der Waals surface area (Å²) in [5.74, 6) is 2.13. The van der Waals surface area contributed by atoms with Crippen LogP contribution in [0.1, 0.15) is 18.1 Å². The van der Waals surface area contributed by atoms with Crippen LogP contribution in [0.25, 0.3) is 0 Å². The van der Waals surface area contributed by atoms with Crippen LogP contribution in [-0.4, -0.2) is 30.0 Å². The number of halogens is 1. The van der Waals surface area contributed by atoms with Crippen molar-refractivity contribution in [1.82, 2.24) is 4.90 Å². The number of nitrogens with zero attached hydrogens (tertiary/aromatic N) is 2. The second kappa shape index (κ2) is 11.4. The molecule has 0 aliphatic carbocycles. The van der Waals surface area contributed by atoms with Gasteiger partial charge in [-0.2, -0.15) is 0 Å². The average Bonchev–Trinajstić information content (AvgIpc) is 2.80. The summed E-state index contributed by atoms with van der Waals surface area (Å²) in [5.41, 5.74) is 2.58. The molecule has 31 heavy (non-hydrogen) atoms. The van der Waals surface area contributed by atoms with Crippen molar-refractivity contribution in [3.8, 4) is 11.5 Å². The van der Waals surface area contributed by atoms with Crippen LogP contribution < -0.4 is 9.47 Å². The van der Waals surface area contributed by atoms with Crippen molar-refractivity contribution < 1.29 is 13.9 Å². The molecule has 0 atom stereocenters. The molecular weight excluding hydrogens is 411 g/mol. The molecule has 0 aliphatic rings. The van der Waals surface area contributed by atoms with E-state index in [0.717, 1.165) is 33.5 Å². The number of benzene rings is 3. The zero-order chi connectivity index (χ0) is 22.1. The Morgan fingerprint density at radius 2 is 1.35 bits per heavy atom. The standard InChI is InChI=1S/C25H27FN2O2S/c1-4-31-25(27-24-8-6-5-7-23(24)26)28(17-19-9-13-21(29-2)14-10-19)18-20-11-15-22(30-3)16-12-20/h5-16H,4,17-18H2,1-3H3. The summed E-state index contributed by atoms with van der Waals surface area (Å²) < 4.78 is 24.9. The summed E-state index contributed by atoms with van der Waals surface area (Å²) in [6.45, 7) is 3.34. The van der Waals surface area contributed by atoms with Gasteiger partial charge in [0.25, 0.3) is 0 Å². The number of hydrogen-bond acceptors (Lipinski definition) is 4. The fourth-order valence-corrected chi connectivity index (χ4v) is 3.80. The van der Waals surface area contributed by atoms with E-state index in [2.05, 4.69) is 16.8 Å². The molecule has 0 unspecified atom stereocenters. The van der Waals surface area contributed by atoms with Gasteiger partial charge >= 0.3 is 0 Å². The molecule has 0 radical (unpaired) electrons. The first-order valence-electron chi connectivity index (χ1n) is 10.1. The van der Waals surface area contributed by atoms with Crippen LogP contribution in [0.5, 0.6) is 11.5 Å². The third-order valence-corrected chi connectivity index (χ3v) is 5.57. The van der Waals surface area contributed by atoms with E-state index in [4.69, 9.17) is 9.47 Å².